The number of rotatable bonds is 5. The number of amides is 1. The van der Waals surface area contributed by atoms with Crippen LogP contribution in [-0.4, -0.2) is 15.9 Å². The van der Waals surface area contributed by atoms with Crippen molar-refractivity contribution in [1.82, 2.24) is 9.97 Å². The van der Waals surface area contributed by atoms with E-state index in [1.54, 1.807) is 36.5 Å². The summed E-state index contributed by atoms with van der Waals surface area (Å²) in [5.74, 6) is 0.00872. The van der Waals surface area contributed by atoms with Gasteiger partial charge in [0.1, 0.15) is 11.5 Å². The van der Waals surface area contributed by atoms with Crippen LogP contribution in [0.5, 0.6) is 0 Å². The lowest BCUT2D eigenvalue weighted by atomic mass is 10.2. The van der Waals surface area contributed by atoms with Gasteiger partial charge in [-0.25, -0.2) is 9.37 Å². The van der Waals surface area contributed by atoms with Crippen LogP contribution in [0, 0.1) is 12.7 Å². The fourth-order valence-electron chi connectivity index (χ4n) is 1.99. The predicted octanol–water partition coefficient (Wildman–Crippen LogP) is 4.53. The zero-order chi connectivity index (χ0) is 16.9. The monoisotopic (exact) mass is 359 g/mol. The standard InChI is InChI=1S/C17H14FN3OS2/c1-11-16(23-10-12-6-2-3-7-13(12)18)24-17(20-11)21-15(22)14-8-4-5-9-19-14/h2-9H,10H2,1H3,(H,20,21,22). The molecule has 4 nitrogen and oxygen atoms in total. The number of anilines is 1. The van der Waals surface area contributed by atoms with Crippen LogP contribution < -0.4 is 5.32 Å². The molecule has 1 amide bonds. The molecule has 0 unspecified atom stereocenters. The van der Waals surface area contributed by atoms with Crippen LogP contribution in [-0.2, 0) is 5.75 Å². The van der Waals surface area contributed by atoms with Crippen molar-refractivity contribution < 1.29 is 9.18 Å². The molecular weight excluding hydrogens is 345 g/mol. The smallest absolute Gasteiger partial charge is 0.276 e. The minimum absolute atomic E-state index is 0.212. The fourth-order valence-corrected chi connectivity index (χ4v) is 4.11. The van der Waals surface area contributed by atoms with E-state index >= 15 is 0 Å². The fraction of sp³-hybridized carbons (Fsp3) is 0.118. The Bertz CT molecular complexity index is 852. The normalized spacial score (nSPS) is 10.6. The Morgan fingerprint density at radius 2 is 2.04 bits per heavy atom. The summed E-state index contributed by atoms with van der Waals surface area (Å²) in [6.45, 7) is 1.87. The van der Waals surface area contributed by atoms with Crippen molar-refractivity contribution in [2.45, 2.75) is 16.9 Å². The number of aromatic nitrogens is 2. The Hall–Kier alpha value is -2.25. The van der Waals surface area contributed by atoms with Crippen molar-refractivity contribution in [1.29, 1.82) is 0 Å². The highest BCUT2D eigenvalue weighted by Crippen LogP contribution is 2.34. The molecule has 0 bridgehead atoms. The Morgan fingerprint density at radius 1 is 1.25 bits per heavy atom. The van der Waals surface area contributed by atoms with Gasteiger partial charge in [0, 0.05) is 11.9 Å². The van der Waals surface area contributed by atoms with Gasteiger partial charge in [0.2, 0.25) is 0 Å². The molecule has 0 atom stereocenters. The maximum Gasteiger partial charge on any atom is 0.276 e. The largest absolute Gasteiger partial charge is 0.296 e. The van der Waals surface area contributed by atoms with E-state index in [0.29, 0.717) is 22.1 Å². The zero-order valence-electron chi connectivity index (χ0n) is 12.8. The lowest BCUT2D eigenvalue weighted by Crippen LogP contribution is -2.13. The number of thioether (sulfide) groups is 1. The molecule has 3 rings (SSSR count). The molecule has 7 heteroatoms. The number of carbonyl (C=O) groups excluding carboxylic acids is 1. The number of benzene rings is 1. The Kier molecular flexibility index (Phi) is 5.22. The van der Waals surface area contributed by atoms with Crippen molar-refractivity contribution >= 4 is 34.1 Å². The molecule has 0 spiro atoms. The Labute approximate surface area is 147 Å². The zero-order valence-corrected chi connectivity index (χ0v) is 14.5. The number of carbonyl (C=O) groups is 1. The van der Waals surface area contributed by atoms with Gasteiger partial charge in [-0.15, -0.1) is 11.8 Å². The molecular formula is C17H14FN3OS2. The summed E-state index contributed by atoms with van der Waals surface area (Å²) in [6.07, 6.45) is 1.57. The molecule has 0 fully saturated rings. The summed E-state index contributed by atoms with van der Waals surface area (Å²) < 4.78 is 14.6. The molecule has 1 aromatic carbocycles. The quantitative estimate of drug-likeness (QED) is 0.680. The maximum absolute atomic E-state index is 13.7. The van der Waals surface area contributed by atoms with E-state index in [1.807, 2.05) is 13.0 Å². The van der Waals surface area contributed by atoms with E-state index in [-0.39, 0.29) is 11.7 Å². The third-order valence-corrected chi connectivity index (χ3v) is 5.67. The van der Waals surface area contributed by atoms with E-state index in [4.69, 9.17) is 0 Å². The summed E-state index contributed by atoms with van der Waals surface area (Å²) in [5, 5.41) is 3.26. The Balaban J connectivity index is 1.67. The second kappa shape index (κ2) is 7.55. The molecule has 0 radical (unpaired) electrons. The maximum atomic E-state index is 13.7. The third-order valence-electron chi connectivity index (χ3n) is 3.19. The molecule has 2 heterocycles. The van der Waals surface area contributed by atoms with Gasteiger partial charge in [-0.3, -0.25) is 15.1 Å². The minimum Gasteiger partial charge on any atom is -0.296 e. The summed E-state index contributed by atoms with van der Waals surface area (Å²) in [5.41, 5.74) is 1.80. The molecule has 0 saturated heterocycles. The first-order valence-electron chi connectivity index (χ1n) is 7.19. The van der Waals surface area contributed by atoms with Crippen molar-refractivity contribution in [3.05, 3.63) is 71.4 Å². The third kappa shape index (κ3) is 3.98. The summed E-state index contributed by atoms with van der Waals surface area (Å²) in [4.78, 5) is 20.5. The number of aryl methyl sites for hydroxylation is 1. The van der Waals surface area contributed by atoms with Gasteiger partial charge in [-0.1, -0.05) is 35.6 Å². The molecule has 0 aliphatic carbocycles. The van der Waals surface area contributed by atoms with Crippen molar-refractivity contribution in [2.75, 3.05) is 5.32 Å². The van der Waals surface area contributed by atoms with Crippen LogP contribution in [0.1, 0.15) is 21.7 Å². The second-order valence-corrected chi connectivity index (χ2v) is 7.18. The van der Waals surface area contributed by atoms with Gasteiger partial charge >= 0.3 is 0 Å². The molecule has 0 saturated carbocycles. The van der Waals surface area contributed by atoms with Gasteiger partial charge in [0.25, 0.3) is 5.91 Å². The second-order valence-electron chi connectivity index (χ2n) is 4.94. The van der Waals surface area contributed by atoms with Crippen molar-refractivity contribution in [3.63, 3.8) is 0 Å². The van der Waals surface area contributed by atoms with Crippen LogP contribution in [0.4, 0.5) is 9.52 Å². The van der Waals surface area contributed by atoms with Crippen LogP contribution in [0.3, 0.4) is 0 Å². The number of pyridine rings is 1. The topological polar surface area (TPSA) is 54.9 Å². The van der Waals surface area contributed by atoms with Gasteiger partial charge in [0.05, 0.1) is 9.90 Å². The number of nitrogens with zero attached hydrogens (tertiary/aromatic N) is 2. The first-order chi connectivity index (χ1) is 11.6. The van der Waals surface area contributed by atoms with Gasteiger partial charge in [-0.2, -0.15) is 0 Å². The molecule has 2 aromatic heterocycles. The summed E-state index contributed by atoms with van der Waals surface area (Å²) >= 11 is 2.88. The van der Waals surface area contributed by atoms with Gasteiger partial charge in [0.15, 0.2) is 5.13 Å². The van der Waals surface area contributed by atoms with E-state index in [9.17, 15) is 9.18 Å². The summed E-state index contributed by atoms with van der Waals surface area (Å²) in [7, 11) is 0. The van der Waals surface area contributed by atoms with Gasteiger partial charge in [-0.05, 0) is 30.7 Å². The van der Waals surface area contributed by atoms with E-state index < -0.39 is 0 Å². The first kappa shape index (κ1) is 16.6. The molecule has 3 aromatic rings. The molecule has 0 aliphatic rings. The van der Waals surface area contributed by atoms with Crippen LogP contribution in [0.15, 0.2) is 52.9 Å². The number of hydrogen-bond donors (Lipinski definition) is 1. The number of thiazole rings is 1. The minimum atomic E-state index is -0.296. The molecule has 122 valence electrons. The number of halogens is 1. The van der Waals surface area contributed by atoms with Gasteiger partial charge < -0.3 is 0 Å². The van der Waals surface area contributed by atoms with E-state index in [1.165, 1.54) is 29.2 Å². The lowest BCUT2D eigenvalue weighted by molar-refractivity contribution is 0.102. The lowest BCUT2D eigenvalue weighted by Gasteiger charge is -2.01. The van der Waals surface area contributed by atoms with Crippen molar-refractivity contribution in [3.8, 4) is 0 Å². The SMILES string of the molecule is Cc1nc(NC(=O)c2ccccn2)sc1SCc1ccccc1F. The summed E-state index contributed by atoms with van der Waals surface area (Å²) in [6, 6.07) is 11.9. The van der Waals surface area contributed by atoms with E-state index in [0.717, 1.165) is 9.90 Å². The average Bonchev–Trinajstić information content (AvgIpc) is 2.94. The highest BCUT2D eigenvalue weighted by atomic mass is 32.2. The molecule has 1 N–H and O–H groups in total. The highest BCUT2D eigenvalue weighted by Gasteiger charge is 2.13. The predicted molar refractivity (Wildman–Crippen MR) is 95.0 cm³/mol. The number of hydrogen-bond acceptors (Lipinski definition) is 5. The highest BCUT2D eigenvalue weighted by molar-refractivity contribution is 8.00. The first-order valence-corrected chi connectivity index (χ1v) is 8.99. The molecule has 0 aliphatic heterocycles. The van der Waals surface area contributed by atoms with Crippen LogP contribution in [0.2, 0.25) is 0 Å². The Morgan fingerprint density at radius 3 is 2.79 bits per heavy atom. The molecule has 24 heavy (non-hydrogen) atoms. The average molecular weight is 359 g/mol. The number of nitrogens with one attached hydrogen (secondary N) is 1. The van der Waals surface area contributed by atoms with Crippen LogP contribution in [0.25, 0.3) is 0 Å². The van der Waals surface area contributed by atoms with Crippen LogP contribution >= 0.6 is 23.1 Å². The van der Waals surface area contributed by atoms with E-state index in [2.05, 4.69) is 15.3 Å². The van der Waals surface area contributed by atoms with Crippen molar-refractivity contribution in [2.24, 2.45) is 0 Å².